The van der Waals surface area contributed by atoms with Crippen LogP contribution >= 0.6 is 15.9 Å². The fourth-order valence-corrected chi connectivity index (χ4v) is 2.43. The van der Waals surface area contributed by atoms with Gasteiger partial charge in [-0.15, -0.1) is 0 Å². The molecule has 0 aliphatic heterocycles. The zero-order chi connectivity index (χ0) is 18.9. The van der Waals surface area contributed by atoms with Crippen molar-refractivity contribution in [2.24, 2.45) is 0 Å². The molecule has 0 aliphatic rings. The number of nitrogens with zero attached hydrogens (tertiary/aromatic N) is 1. The average molecular weight is 416 g/mol. The van der Waals surface area contributed by atoms with E-state index in [1.807, 2.05) is 48.5 Å². The van der Waals surface area contributed by atoms with Gasteiger partial charge in [0.2, 0.25) is 0 Å². The Morgan fingerprint density at radius 2 is 1.69 bits per heavy atom. The van der Waals surface area contributed by atoms with E-state index in [4.69, 9.17) is 10.5 Å². The number of non-ortho nitro benzene ring substituents is 1. The molecule has 6 nitrogen and oxygen atoms in total. The van der Waals surface area contributed by atoms with Gasteiger partial charge in [-0.3, -0.25) is 10.1 Å². The number of anilines is 3. The Hall–Kier alpha value is -3.06. The van der Waals surface area contributed by atoms with E-state index >= 15 is 0 Å². The van der Waals surface area contributed by atoms with Gasteiger partial charge in [0, 0.05) is 33.7 Å². The van der Waals surface area contributed by atoms with Crippen LogP contribution in [0.2, 0.25) is 0 Å². The number of benzene rings is 3. The number of hydrogen-bond acceptors (Lipinski definition) is 5. The molecule has 0 amide bonds. The van der Waals surface area contributed by atoms with Gasteiger partial charge < -0.3 is 15.8 Å². The first-order valence-corrected chi connectivity index (χ1v) is 8.44. The predicted molar refractivity (Wildman–Crippen MR) is 108 cm³/mol. The van der Waals surface area contributed by atoms with Gasteiger partial charge >= 0.3 is 0 Å². The summed E-state index contributed by atoms with van der Waals surface area (Å²) in [4.78, 5) is 9.71. The van der Waals surface area contributed by atoms with Crippen LogP contribution in [-0.4, -0.2) is 12.0 Å². The first-order valence-electron chi connectivity index (χ1n) is 7.64. The van der Waals surface area contributed by atoms with Crippen LogP contribution in [0.25, 0.3) is 0 Å². The minimum Gasteiger partial charge on any atom is -0.497 e. The highest BCUT2D eigenvalue weighted by molar-refractivity contribution is 9.10. The minimum absolute atomic E-state index is 0.106. The zero-order valence-corrected chi connectivity index (χ0v) is 15.6. The van der Waals surface area contributed by atoms with E-state index in [0.29, 0.717) is 0 Å². The lowest BCUT2D eigenvalue weighted by Gasteiger charge is -2.07. The van der Waals surface area contributed by atoms with Crippen LogP contribution in [0.5, 0.6) is 5.75 Å². The second kappa shape index (κ2) is 9.43. The second-order valence-corrected chi connectivity index (χ2v) is 6.13. The van der Waals surface area contributed by atoms with E-state index in [-0.39, 0.29) is 5.69 Å². The van der Waals surface area contributed by atoms with Gasteiger partial charge in [-0.25, -0.2) is 0 Å². The highest BCUT2D eigenvalue weighted by atomic mass is 79.9. The van der Waals surface area contributed by atoms with E-state index in [9.17, 15) is 10.1 Å². The van der Waals surface area contributed by atoms with Gasteiger partial charge in [-0.1, -0.05) is 28.1 Å². The maximum atomic E-state index is 10.1. The van der Waals surface area contributed by atoms with Crippen molar-refractivity contribution in [3.05, 3.63) is 87.4 Å². The summed E-state index contributed by atoms with van der Waals surface area (Å²) >= 11 is 3.13. The fourth-order valence-electron chi connectivity index (χ4n) is 2.05. The molecule has 26 heavy (non-hydrogen) atoms. The summed E-state index contributed by atoms with van der Waals surface area (Å²) in [6.45, 7) is 0. The zero-order valence-electron chi connectivity index (χ0n) is 14.1. The number of hydrogen-bond donors (Lipinski definition) is 2. The van der Waals surface area contributed by atoms with Crippen LogP contribution in [0.15, 0.2) is 77.3 Å². The van der Waals surface area contributed by atoms with Gasteiger partial charge in [0.05, 0.1) is 12.0 Å². The standard InChI is InChI=1S/C13H14N2O.C6H4BrNO2/c1-16-13-7-5-11(6-8-13)15-12-4-2-3-10(14)9-12;7-5-2-1-3-6(4-5)8(9)10/h2-9,15H,14H2,1H3;1-4H. The van der Waals surface area contributed by atoms with Crippen LogP contribution in [0.1, 0.15) is 0 Å². The summed E-state index contributed by atoms with van der Waals surface area (Å²) in [5.41, 5.74) is 8.54. The number of nitrogens with one attached hydrogen (secondary N) is 1. The Bertz CT molecular complexity index is 870. The third-order valence-corrected chi connectivity index (χ3v) is 3.78. The predicted octanol–water partition coefficient (Wildman–Crippen LogP) is 5.38. The van der Waals surface area contributed by atoms with Crippen molar-refractivity contribution in [3.8, 4) is 5.75 Å². The SMILES string of the molecule is COc1ccc(Nc2cccc(N)c2)cc1.O=[N+]([O-])c1cccc(Br)c1. The monoisotopic (exact) mass is 415 g/mol. The van der Waals surface area contributed by atoms with E-state index < -0.39 is 4.92 Å². The van der Waals surface area contributed by atoms with Gasteiger partial charge in [0.25, 0.3) is 5.69 Å². The first-order chi connectivity index (χ1) is 12.5. The van der Waals surface area contributed by atoms with Crippen LogP contribution in [0, 0.1) is 10.1 Å². The average Bonchev–Trinajstić information content (AvgIpc) is 2.63. The summed E-state index contributed by atoms with van der Waals surface area (Å²) in [7, 11) is 1.65. The van der Waals surface area contributed by atoms with Crippen molar-refractivity contribution in [3.63, 3.8) is 0 Å². The summed E-state index contributed by atoms with van der Waals surface area (Å²) < 4.78 is 5.81. The number of rotatable bonds is 4. The summed E-state index contributed by atoms with van der Waals surface area (Å²) in [6.07, 6.45) is 0. The maximum Gasteiger partial charge on any atom is 0.270 e. The quantitative estimate of drug-likeness (QED) is 0.339. The molecule has 134 valence electrons. The van der Waals surface area contributed by atoms with Crippen molar-refractivity contribution in [1.82, 2.24) is 0 Å². The van der Waals surface area contributed by atoms with Gasteiger partial charge in [-0.2, -0.15) is 0 Å². The number of ether oxygens (including phenoxy) is 1. The summed E-state index contributed by atoms with van der Waals surface area (Å²) in [5.74, 6) is 0.845. The van der Waals surface area contributed by atoms with Gasteiger partial charge in [0.15, 0.2) is 0 Å². The number of nitro benzene ring substituents is 1. The Balaban J connectivity index is 0.000000209. The smallest absolute Gasteiger partial charge is 0.270 e. The molecule has 0 atom stereocenters. The number of halogens is 1. The molecule has 0 heterocycles. The molecular weight excluding hydrogens is 398 g/mol. The number of methoxy groups -OCH3 is 1. The fraction of sp³-hybridized carbons (Fsp3) is 0.0526. The lowest BCUT2D eigenvalue weighted by molar-refractivity contribution is -0.384. The number of nitrogen functional groups attached to an aromatic ring is 1. The number of nitro groups is 1. The molecule has 0 aliphatic carbocycles. The van der Waals surface area contributed by atoms with Crippen molar-refractivity contribution in [1.29, 1.82) is 0 Å². The highest BCUT2D eigenvalue weighted by Gasteiger charge is 2.02. The summed E-state index contributed by atoms with van der Waals surface area (Å²) in [5, 5.41) is 13.4. The molecule has 0 spiro atoms. The first kappa shape index (κ1) is 19.3. The van der Waals surface area contributed by atoms with Gasteiger partial charge in [0.1, 0.15) is 5.75 Å². The molecule has 3 N–H and O–H groups in total. The Morgan fingerprint density at radius 3 is 2.23 bits per heavy atom. The summed E-state index contributed by atoms with van der Waals surface area (Å²) in [6, 6.07) is 21.7. The Kier molecular flexibility index (Phi) is 6.99. The molecule has 0 unspecified atom stereocenters. The molecular formula is C19H18BrN3O3. The van der Waals surface area contributed by atoms with Crippen LogP contribution < -0.4 is 15.8 Å². The molecule has 0 aromatic heterocycles. The second-order valence-electron chi connectivity index (χ2n) is 5.22. The van der Waals surface area contributed by atoms with E-state index in [0.717, 1.165) is 27.3 Å². The number of nitrogens with two attached hydrogens (primary N) is 1. The third kappa shape index (κ3) is 6.10. The van der Waals surface area contributed by atoms with Crippen molar-refractivity contribution in [2.75, 3.05) is 18.2 Å². The molecule has 7 heteroatoms. The Morgan fingerprint density at radius 1 is 1.00 bits per heavy atom. The normalized spacial score (nSPS) is 9.62. The molecule has 0 radical (unpaired) electrons. The molecule has 0 saturated carbocycles. The lowest BCUT2D eigenvalue weighted by atomic mass is 10.2. The molecule has 0 bridgehead atoms. The van der Waals surface area contributed by atoms with Crippen LogP contribution in [0.3, 0.4) is 0 Å². The van der Waals surface area contributed by atoms with Crippen LogP contribution in [-0.2, 0) is 0 Å². The van der Waals surface area contributed by atoms with Crippen molar-refractivity contribution < 1.29 is 9.66 Å². The topological polar surface area (TPSA) is 90.4 Å². The van der Waals surface area contributed by atoms with E-state index in [1.165, 1.54) is 12.1 Å². The minimum atomic E-state index is -0.426. The van der Waals surface area contributed by atoms with Crippen molar-refractivity contribution >= 4 is 38.7 Å². The lowest BCUT2D eigenvalue weighted by Crippen LogP contribution is -1.92. The molecule has 3 aromatic rings. The van der Waals surface area contributed by atoms with Crippen molar-refractivity contribution in [2.45, 2.75) is 0 Å². The highest BCUT2D eigenvalue weighted by Crippen LogP contribution is 2.21. The largest absolute Gasteiger partial charge is 0.497 e. The molecule has 3 aromatic carbocycles. The van der Waals surface area contributed by atoms with E-state index in [2.05, 4.69) is 21.2 Å². The maximum absolute atomic E-state index is 10.1. The Labute approximate surface area is 159 Å². The van der Waals surface area contributed by atoms with Gasteiger partial charge in [-0.05, 0) is 48.5 Å². The molecule has 0 saturated heterocycles. The molecule has 3 rings (SSSR count). The molecule has 0 fully saturated rings. The third-order valence-electron chi connectivity index (χ3n) is 3.28. The van der Waals surface area contributed by atoms with E-state index in [1.54, 1.807) is 19.2 Å². The van der Waals surface area contributed by atoms with Crippen LogP contribution in [0.4, 0.5) is 22.7 Å².